The molecule has 2 N–H and O–H groups in total. The van der Waals surface area contributed by atoms with Crippen molar-refractivity contribution in [3.05, 3.63) is 29.8 Å². The molecule has 3 unspecified atom stereocenters. The maximum absolute atomic E-state index is 5.77. The van der Waals surface area contributed by atoms with Gasteiger partial charge in [-0.2, -0.15) is 0 Å². The minimum Gasteiger partial charge on any atom is -0.497 e. The zero-order valence-electron chi connectivity index (χ0n) is 20.6. The van der Waals surface area contributed by atoms with Gasteiger partial charge in [0.25, 0.3) is 0 Å². The topological polar surface area (TPSA) is 67.4 Å². The molecule has 2 aliphatic rings. The zero-order chi connectivity index (χ0) is 22.6. The molecule has 33 heavy (non-hydrogen) atoms. The monoisotopic (exact) mass is 574 g/mol. The lowest BCUT2D eigenvalue weighted by Crippen LogP contribution is -2.40. The summed E-state index contributed by atoms with van der Waals surface area (Å²) in [6.45, 7) is 8.10. The molecule has 3 atom stereocenters. The van der Waals surface area contributed by atoms with E-state index in [2.05, 4.69) is 53.8 Å². The van der Waals surface area contributed by atoms with E-state index in [0.29, 0.717) is 18.1 Å². The molecule has 7 nitrogen and oxygen atoms in total. The number of aliphatic imine (C=N–C) groups is 1. The lowest BCUT2D eigenvalue weighted by Gasteiger charge is -2.39. The molecule has 2 saturated heterocycles. The van der Waals surface area contributed by atoms with E-state index in [1.165, 1.54) is 18.4 Å². The number of methoxy groups -OCH3 is 1. The van der Waals surface area contributed by atoms with Crippen molar-refractivity contribution in [3.8, 4) is 5.75 Å². The number of halogens is 1. The predicted molar refractivity (Wildman–Crippen MR) is 145 cm³/mol. The maximum Gasteiger partial charge on any atom is 0.191 e. The average Bonchev–Trinajstić information content (AvgIpc) is 3.33. The van der Waals surface area contributed by atoms with Gasteiger partial charge < -0.3 is 24.8 Å². The molecule has 3 rings (SSSR count). The molecule has 0 amide bonds. The highest BCUT2D eigenvalue weighted by Crippen LogP contribution is 2.35. The first-order valence-corrected chi connectivity index (χ1v) is 12.3. The van der Waals surface area contributed by atoms with Crippen molar-refractivity contribution in [1.82, 2.24) is 15.5 Å². The fourth-order valence-electron chi connectivity index (χ4n) is 4.70. The van der Waals surface area contributed by atoms with Gasteiger partial charge in [0, 0.05) is 38.9 Å². The average molecular weight is 575 g/mol. The van der Waals surface area contributed by atoms with Crippen LogP contribution < -0.4 is 15.4 Å². The molecular formula is C25H43IN4O3. The summed E-state index contributed by atoms with van der Waals surface area (Å²) in [5.41, 5.74) is 1.34. The molecule has 0 aromatic heterocycles. The first-order chi connectivity index (χ1) is 15.7. The first kappa shape index (κ1) is 28.1. The van der Waals surface area contributed by atoms with Crippen molar-refractivity contribution >= 4 is 29.9 Å². The third kappa shape index (κ3) is 9.22. The molecule has 0 aliphatic carbocycles. The molecule has 2 heterocycles. The molecule has 0 saturated carbocycles. The van der Waals surface area contributed by atoms with Crippen LogP contribution in [0.4, 0.5) is 0 Å². The number of likely N-dealkylation sites (tertiary alicyclic amines) is 1. The standard InChI is InChI=1S/C25H42N4O3.HI/c1-4-26-25(27-14-7-16-31-19-23-9-6-17-32-23)28-18-21-8-5-15-29(2)24(21)20-10-12-22(30-3)13-11-20;/h10-13,21,23-24H,4-9,14-19H2,1-3H3,(H2,26,27,28);1H. The number of nitrogens with one attached hydrogen (secondary N) is 2. The molecule has 1 aromatic rings. The molecule has 0 spiro atoms. The van der Waals surface area contributed by atoms with Crippen LogP contribution in [0.2, 0.25) is 0 Å². The second-order valence-electron chi connectivity index (χ2n) is 8.81. The number of hydrogen-bond acceptors (Lipinski definition) is 5. The van der Waals surface area contributed by atoms with Crippen LogP contribution in [0.3, 0.4) is 0 Å². The van der Waals surface area contributed by atoms with Crippen molar-refractivity contribution in [2.24, 2.45) is 10.9 Å². The lowest BCUT2D eigenvalue weighted by molar-refractivity contribution is 0.0168. The minimum absolute atomic E-state index is 0. The number of benzene rings is 1. The van der Waals surface area contributed by atoms with E-state index < -0.39 is 0 Å². The second kappa shape index (κ2) is 15.7. The normalized spacial score (nSPS) is 23.7. The van der Waals surface area contributed by atoms with Gasteiger partial charge in [0.2, 0.25) is 0 Å². The van der Waals surface area contributed by atoms with Gasteiger partial charge in [0.1, 0.15) is 5.75 Å². The van der Waals surface area contributed by atoms with Gasteiger partial charge in [-0.15, -0.1) is 24.0 Å². The van der Waals surface area contributed by atoms with Crippen LogP contribution >= 0.6 is 24.0 Å². The highest BCUT2D eigenvalue weighted by Gasteiger charge is 2.30. The summed E-state index contributed by atoms with van der Waals surface area (Å²) in [6, 6.07) is 8.90. The fourth-order valence-corrected chi connectivity index (χ4v) is 4.70. The Labute approximate surface area is 217 Å². The van der Waals surface area contributed by atoms with Crippen molar-refractivity contribution in [2.45, 2.75) is 51.2 Å². The first-order valence-electron chi connectivity index (χ1n) is 12.3. The number of rotatable bonds is 11. The summed E-state index contributed by atoms with van der Waals surface area (Å²) in [4.78, 5) is 7.41. The quantitative estimate of drug-likeness (QED) is 0.181. The summed E-state index contributed by atoms with van der Waals surface area (Å²) >= 11 is 0. The Hall–Kier alpha value is -1.10. The smallest absolute Gasteiger partial charge is 0.191 e. The predicted octanol–water partition coefficient (Wildman–Crippen LogP) is 3.84. The minimum atomic E-state index is 0. The number of guanidine groups is 1. The fraction of sp³-hybridized carbons (Fsp3) is 0.720. The Morgan fingerprint density at radius 3 is 2.70 bits per heavy atom. The molecule has 8 heteroatoms. The molecular weight excluding hydrogens is 531 g/mol. The highest BCUT2D eigenvalue weighted by atomic mass is 127. The van der Waals surface area contributed by atoms with Gasteiger partial charge in [-0.05, 0) is 76.2 Å². The van der Waals surface area contributed by atoms with Gasteiger partial charge in [-0.25, -0.2) is 0 Å². The van der Waals surface area contributed by atoms with Crippen LogP contribution in [0.25, 0.3) is 0 Å². The third-order valence-electron chi connectivity index (χ3n) is 6.38. The molecule has 0 bridgehead atoms. The molecule has 2 aliphatic heterocycles. The summed E-state index contributed by atoms with van der Waals surface area (Å²) in [5.74, 6) is 2.29. The van der Waals surface area contributed by atoms with E-state index in [-0.39, 0.29) is 24.0 Å². The second-order valence-corrected chi connectivity index (χ2v) is 8.81. The van der Waals surface area contributed by atoms with E-state index >= 15 is 0 Å². The largest absolute Gasteiger partial charge is 0.497 e. The van der Waals surface area contributed by atoms with Gasteiger partial charge >= 0.3 is 0 Å². The summed E-state index contributed by atoms with van der Waals surface area (Å²) < 4.78 is 16.7. The van der Waals surface area contributed by atoms with E-state index in [4.69, 9.17) is 19.2 Å². The number of piperidine rings is 1. The van der Waals surface area contributed by atoms with E-state index in [1.54, 1.807) is 7.11 Å². The van der Waals surface area contributed by atoms with Gasteiger partial charge in [0.05, 0.1) is 19.8 Å². The summed E-state index contributed by atoms with van der Waals surface area (Å²) in [6.07, 6.45) is 5.96. The van der Waals surface area contributed by atoms with Gasteiger partial charge in [-0.1, -0.05) is 12.1 Å². The van der Waals surface area contributed by atoms with Crippen LogP contribution in [-0.4, -0.2) is 77.1 Å². The van der Waals surface area contributed by atoms with E-state index in [0.717, 1.165) is 77.0 Å². The van der Waals surface area contributed by atoms with Crippen LogP contribution in [0, 0.1) is 5.92 Å². The summed E-state index contributed by atoms with van der Waals surface area (Å²) in [7, 11) is 3.94. The Morgan fingerprint density at radius 2 is 2.00 bits per heavy atom. The molecule has 2 fully saturated rings. The van der Waals surface area contributed by atoms with Crippen molar-refractivity contribution in [3.63, 3.8) is 0 Å². The third-order valence-corrected chi connectivity index (χ3v) is 6.38. The van der Waals surface area contributed by atoms with Crippen LogP contribution in [0.5, 0.6) is 5.75 Å². The Balaban J connectivity index is 0.00000385. The maximum atomic E-state index is 5.77. The van der Waals surface area contributed by atoms with E-state index in [9.17, 15) is 0 Å². The number of hydrogen-bond donors (Lipinski definition) is 2. The van der Waals surface area contributed by atoms with Gasteiger partial charge in [0.15, 0.2) is 5.96 Å². The number of ether oxygens (including phenoxy) is 3. The van der Waals surface area contributed by atoms with Gasteiger partial charge in [-0.3, -0.25) is 9.89 Å². The highest BCUT2D eigenvalue weighted by molar-refractivity contribution is 14.0. The Kier molecular flexibility index (Phi) is 13.4. The van der Waals surface area contributed by atoms with Crippen molar-refractivity contribution in [2.75, 3.05) is 60.2 Å². The Morgan fingerprint density at radius 1 is 1.18 bits per heavy atom. The van der Waals surface area contributed by atoms with Crippen LogP contribution in [0.15, 0.2) is 29.3 Å². The van der Waals surface area contributed by atoms with Crippen LogP contribution in [-0.2, 0) is 9.47 Å². The number of nitrogens with zero attached hydrogens (tertiary/aromatic N) is 2. The molecule has 1 aromatic carbocycles. The zero-order valence-corrected chi connectivity index (χ0v) is 22.9. The summed E-state index contributed by atoms with van der Waals surface area (Å²) in [5, 5.41) is 6.85. The molecule has 0 radical (unpaired) electrons. The van der Waals surface area contributed by atoms with E-state index in [1.807, 2.05) is 0 Å². The van der Waals surface area contributed by atoms with Crippen molar-refractivity contribution in [1.29, 1.82) is 0 Å². The van der Waals surface area contributed by atoms with Crippen molar-refractivity contribution < 1.29 is 14.2 Å². The lowest BCUT2D eigenvalue weighted by atomic mass is 9.85. The molecule has 188 valence electrons. The Bertz CT molecular complexity index is 683. The van der Waals surface area contributed by atoms with Crippen LogP contribution in [0.1, 0.15) is 50.6 Å². The SMILES string of the molecule is CCNC(=NCC1CCCN(C)C1c1ccc(OC)cc1)NCCCOCC1CCCO1.I.